The average Bonchev–Trinajstić information content (AvgIpc) is 2.81. The van der Waals surface area contributed by atoms with Crippen LogP contribution in [0.3, 0.4) is 0 Å². The molecule has 1 aliphatic rings. The van der Waals surface area contributed by atoms with Gasteiger partial charge in [0, 0.05) is 44.5 Å². The topological polar surface area (TPSA) is 85.2 Å². The minimum Gasteiger partial charge on any atom is -0.495 e. The predicted molar refractivity (Wildman–Crippen MR) is 132 cm³/mol. The lowest BCUT2D eigenvalue weighted by Gasteiger charge is -2.32. The van der Waals surface area contributed by atoms with E-state index in [1.54, 1.807) is 6.07 Å². The summed E-state index contributed by atoms with van der Waals surface area (Å²) in [5.74, 6) is 1.03. The Labute approximate surface area is 202 Å². The Hall–Kier alpha value is -1.84. The molecule has 0 saturated carbocycles. The molecule has 1 atom stereocenters. The van der Waals surface area contributed by atoms with E-state index in [2.05, 4.69) is 30.7 Å². The van der Waals surface area contributed by atoms with Crippen LogP contribution in [0.2, 0.25) is 0 Å². The monoisotopic (exact) mass is 481 g/mol. The van der Waals surface area contributed by atoms with E-state index < -0.39 is 0 Å². The zero-order valence-electron chi connectivity index (χ0n) is 20.5. The number of benzene rings is 1. The summed E-state index contributed by atoms with van der Waals surface area (Å²) in [5, 5.41) is 11.8. The summed E-state index contributed by atoms with van der Waals surface area (Å²) in [6, 6.07) is 3.52. The number of nitro benzene ring substituents is 1. The highest BCUT2D eigenvalue weighted by atomic mass is 32.2. The van der Waals surface area contributed by atoms with Crippen LogP contribution in [0.5, 0.6) is 5.75 Å². The third-order valence-electron chi connectivity index (χ3n) is 6.09. The van der Waals surface area contributed by atoms with E-state index in [4.69, 9.17) is 9.47 Å². The van der Waals surface area contributed by atoms with Gasteiger partial charge in [-0.15, -0.1) is 11.8 Å². The van der Waals surface area contributed by atoms with Gasteiger partial charge >= 0.3 is 5.97 Å². The fraction of sp³-hybridized carbons (Fsp3) is 0.708. The lowest BCUT2D eigenvalue weighted by molar-refractivity contribution is -0.387. The molecule has 1 aliphatic heterocycles. The van der Waals surface area contributed by atoms with Gasteiger partial charge in [0.05, 0.1) is 25.1 Å². The number of ether oxygens (including phenoxy) is 2. The molecular weight excluding hydrogens is 442 g/mol. The first kappa shape index (κ1) is 27.4. The Balaban J connectivity index is 1.96. The molecule has 0 aliphatic carbocycles. The lowest BCUT2D eigenvalue weighted by Crippen LogP contribution is -2.43. The van der Waals surface area contributed by atoms with Gasteiger partial charge < -0.3 is 14.4 Å². The molecule has 0 spiro atoms. The minimum absolute atomic E-state index is 0.0301. The number of nitrogens with zero attached hydrogens (tertiary/aromatic N) is 3. The van der Waals surface area contributed by atoms with E-state index in [1.807, 2.05) is 6.07 Å². The van der Waals surface area contributed by atoms with Gasteiger partial charge in [0.1, 0.15) is 10.6 Å². The van der Waals surface area contributed by atoms with Gasteiger partial charge in [-0.05, 0) is 31.0 Å². The smallest absolute Gasteiger partial charge is 0.306 e. The van der Waals surface area contributed by atoms with Crippen molar-refractivity contribution < 1.29 is 19.2 Å². The Kier molecular flexibility index (Phi) is 12.0. The van der Waals surface area contributed by atoms with Crippen LogP contribution in [0.1, 0.15) is 51.5 Å². The van der Waals surface area contributed by atoms with E-state index in [9.17, 15) is 14.9 Å². The third kappa shape index (κ3) is 9.14. The third-order valence-corrected chi connectivity index (χ3v) is 7.20. The number of nitro groups is 1. The van der Waals surface area contributed by atoms with Crippen molar-refractivity contribution in [3.05, 3.63) is 27.8 Å². The molecule has 1 saturated heterocycles. The molecule has 0 N–H and O–H groups in total. The number of rotatable bonds is 14. The van der Waals surface area contributed by atoms with E-state index in [0.717, 1.165) is 57.4 Å². The molecule has 8 nitrogen and oxygen atoms in total. The molecule has 186 valence electrons. The van der Waals surface area contributed by atoms with Crippen molar-refractivity contribution in [3.63, 3.8) is 0 Å². The first-order valence-electron chi connectivity index (χ1n) is 11.9. The first-order valence-corrected chi connectivity index (χ1v) is 12.9. The molecule has 9 heteroatoms. The van der Waals surface area contributed by atoms with Crippen molar-refractivity contribution in [2.75, 3.05) is 52.7 Å². The Morgan fingerprint density at radius 3 is 2.58 bits per heavy atom. The molecule has 1 aromatic carbocycles. The predicted octanol–water partition coefficient (Wildman–Crippen LogP) is 4.59. The molecule has 33 heavy (non-hydrogen) atoms. The second-order valence-corrected chi connectivity index (χ2v) is 9.79. The van der Waals surface area contributed by atoms with Crippen LogP contribution in [0, 0.1) is 16.0 Å². The largest absolute Gasteiger partial charge is 0.495 e. The van der Waals surface area contributed by atoms with Crippen LogP contribution in [-0.2, 0) is 16.1 Å². The van der Waals surface area contributed by atoms with E-state index >= 15 is 0 Å². The van der Waals surface area contributed by atoms with Gasteiger partial charge in [-0.1, -0.05) is 33.1 Å². The highest BCUT2D eigenvalue weighted by Gasteiger charge is 2.23. The van der Waals surface area contributed by atoms with Gasteiger partial charge in [0.15, 0.2) is 0 Å². The fourth-order valence-electron chi connectivity index (χ4n) is 3.85. The standard InChI is InChI=1S/C24H39N3O5S/c1-5-7-8-19(6-2)18-32-23(28)9-14-33-24-21(27(29)30)15-20(16-22(24)31-4)17-26-12-10-25(3)11-13-26/h15-16,19H,5-14,17-18H2,1-4H3. The highest BCUT2D eigenvalue weighted by molar-refractivity contribution is 7.99. The van der Waals surface area contributed by atoms with Gasteiger partial charge in [0.2, 0.25) is 0 Å². The highest BCUT2D eigenvalue weighted by Crippen LogP contribution is 2.39. The maximum atomic E-state index is 12.2. The molecule has 0 bridgehead atoms. The van der Waals surface area contributed by atoms with Crippen LogP contribution in [0.4, 0.5) is 5.69 Å². The van der Waals surface area contributed by atoms with Crippen molar-refractivity contribution in [1.82, 2.24) is 9.80 Å². The summed E-state index contributed by atoms with van der Waals surface area (Å²) in [5.41, 5.74) is 0.895. The van der Waals surface area contributed by atoms with Crippen molar-refractivity contribution in [3.8, 4) is 5.75 Å². The Bertz CT molecular complexity index is 769. The van der Waals surface area contributed by atoms with Crippen molar-refractivity contribution >= 4 is 23.4 Å². The van der Waals surface area contributed by atoms with Gasteiger partial charge in [-0.2, -0.15) is 0 Å². The van der Waals surface area contributed by atoms with Crippen molar-refractivity contribution in [2.45, 2.75) is 57.4 Å². The van der Waals surface area contributed by atoms with Crippen LogP contribution < -0.4 is 4.74 Å². The zero-order valence-corrected chi connectivity index (χ0v) is 21.3. The molecule has 0 aromatic heterocycles. The van der Waals surface area contributed by atoms with E-state index in [1.165, 1.54) is 18.9 Å². The quantitative estimate of drug-likeness (QED) is 0.165. The number of carbonyl (C=O) groups is 1. The number of methoxy groups -OCH3 is 1. The Morgan fingerprint density at radius 2 is 1.97 bits per heavy atom. The molecule has 0 radical (unpaired) electrons. The molecule has 1 fully saturated rings. The molecule has 1 heterocycles. The zero-order chi connectivity index (χ0) is 24.2. The normalized spacial score (nSPS) is 15.9. The summed E-state index contributed by atoms with van der Waals surface area (Å²) in [6.07, 6.45) is 4.54. The second-order valence-electron chi connectivity index (χ2n) is 8.68. The van der Waals surface area contributed by atoms with Crippen LogP contribution in [-0.4, -0.2) is 73.4 Å². The molecule has 0 amide bonds. The lowest BCUT2D eigenvalue weighted by atomic mass is 10.0. The molecule has 1 unspecified atom stereocenters. The van der Waals surface area contributed by atoms with E-state index in [0.29, 0.717) is 35.5 Å². The number of esters is 1. The number of likely N-dealkylation sites (N-methyl/N-ethyl adjacent to an activating group) is 1. The number of hydrogen-bond donors (Lipinski definition) is 0. The number of piperazine rings is 1. The molecule has 2 rings (SSSR count). The number of unbranched alkanes of at least 4 members (excludes halogenated alkanes) is 1. The molecule has 1 aromatic rings. The maximum Gasteiger partial charge on any atom is 0.306 e. The van der Waals surface area contributed by atoms with Crippen LogP contribution >= 0.6 is 11.8 Å². The molecular formula is C24H39N3O5S. The summed E-state index contributed by atoms with van der Waals surface area (Å²) >= 11 is 1.28. The van der Waals surface area contributed by atoms with Crippen molar-refractivity contribution in [1.29, 1.82) is 0 Å². The van der Waals surface area contributed by atoms with E-state index in [-0.39, 0.29) is 23.0 Å². The van der Waals surface area contributed by atoms with Crippen molar-refractivity contribution in [2.24, 2.45) is 5.92 Å². The van der Waals surface area contributed by atoms with Crippen LogP contribution in [0.25, 0.3) is 0 Å². The second kappa shape index (κ2) is 14.4. The number of hydrogen-bond acceptors (Lipinski definition) is 8. The first-order chi connectivity index (χ1) is 15.9. The van der Waals surface area contributed by atoms with Gasteiger partial charge in [-0.25, -0.2) is 0 Å². The summed E-state index contributed by atoms with van der Waals surface area (Å²) in [6.45, 7) is 9.21. The van der Waals surface area contributed by atoms with Gasteiger partial charge in [-0.3, -0.25) is 19.8 Å². The average molecular weight is 482 g/mol. The minimum atomic E-state index is -0.365. The number of carbonyl (C=O) groups excluding carboxylic acids is 1. The summed E-state index contributed by atoms with van der Waals surface area (Å²) in [7, 11) is 3.62. The maximum absolute atomic E-state index is 12.2. The van der Waals surface area contributed by atoms with Gasteiger partial charge in [0.25, 0.3) is 5.69 Å². The fourth-order valence-corrected chi connectivity index (χ4v) is 4.89. The summed E-state index contributed by atoms with van der Waals surface area (Å²) < 4.78 is 11.0. The van der Waals surface area contributed by atoms with Crippen LogP contribution in [0.15, 0.2) is 17.0 Å². The number of thioether (sulfide) groups is 1. The summed E-state index contributed by atoms with van der Waals surface area (Å²) in [4.78, 5) is 28.7. The Morgan fingerprint density at radius 1 is 1.24 bits per heavy atom. The SMILES string of the molecule is CCCCC(CC)COC(=O)CCSc1c(OC)cc(CN2CCN(C)CC2)cc1[N+](=O)[O-].